The van der Waals surface area contributed by atoms with Crippen LogP contribution in [0.1, 0.15) is 11.3 Å². The number of para-hydroxylation sites is 1. The van der Waals surface area contributed by atoms with Crippen molar-refractivity contribution < 1.29 is 4.74 Å². The number of likely N-dealkylation sites (N-methyl/N-ethyl adjacent to an activating group) is 1. The topological polar surface area (TPSA) is 50.3 Å². The van der Waals surface area contributed by atoms with Crippen LogP contribution < -0.4 is 10.1 Å². The molecule has 0 aliphatic rings. The van der Waals surface area contributed by atoms with Crippen LogP contribution >= 0.6 is 11.3 Å². The molecule has 0 bridgehead atoms. The second kappa shape index (κ2) is 9.30. The van der Waals surface area contributed by atoms with E-state index in [1.165, 1.54) is 0 Å². The first-order chi connectivity index (χ1) is 13.1. The first-order valence-corrected chi connectivity index (χ1v) is 9.69. The third kappa shape index (κ3) is 5.91. The molecule has 0 saturated carbocycles. The predicted molar refractivity (Wildman–Crippen MR) is 112 cm³/mol. The molecule has 3 aromatic rings. The third-order valence-corrected chi connectivity index (χ3v) is 4.59. The summed E-state index contributed by atoms with van der Waals surface area (Å²) in [7, 11) is 4.11. The quantitative estimate of drug-likeness (QED) is 0.555. The fourth-order valence-corrected chi connectivity index (χ4v) is 3.09. The van der Waals surface area contributed by atoms with Crippen molar-refractivity contribution in [3.8, 4) is 11.5 Å². The number of hydrogen-bond acceptors (Lipinski definition) is 6. The minimum absolute atomic E-state index is 0.661. The van der Waals surface area contributed by atoms with Gasteiger partial charge in [-0.2, -0.15) is 0 Å². The highest BCUT2D eigenvalue weighted by atomic mass is 32.1. The molecule has 140 valence electrons. The van der Waals surface area contributed by atoms with E-state index < -0.39 is 0 Å². The largest absolute Gasteiger partial charge is 0.453 e. The summed E-state index contributed by atoms with van der Waals surface area (Å²) in [6.45, 7) is 2.89. The monoisotopic (exact) mass is 380 g/mol. The van der Waals surface area contributed by atoms with Gasteiger partial charge >= 0.3 is 0 Å². The number of nitrogens with one attached hydrogen (secondary N) is 1. The van der Waals surface area contributed by atoms with Crippen LogP contribution in [-0.4, -0.2) is 35.5 Å². The number of nitrogens with zero attached hydrogens (tertiary/aromatic N) is 3. The molecule has 0 unspecified atom stereocenters. The van der Waals surface area contributed by atoms with E-state index in [1.54, 1.807) is 11.3 Å². The molecular formula is C21H24N4OS. The Balaban J connectivity index is 1.81. The summed E-state index contributed by atoms with van der Waals surface area (Å²) < 4.78 is 6.09. The molecule has 1 N–H and O–H groups in total. The van der Waals surface area contributed by atoms with E-state index in [0.29, 0.717) is 11.6 Å². The van der Waals surface area contributed by atoms with Crippen molar-refractivity contribution in [2.75, 3.05) is 26.0 Å². The van der Waals surface area contributed by atoms with Crippen LogP contribution in [0.4, 0.5) is 10.9 Å². The number of aromatic nitrogens is 2. The molecule has 0 amide bonds. The molecule has 0 aliphatic carbocycles. The van der Waals surface area contributed by atoms with Crippen LogP contribution in [0, 0.1) is 6.92 Å². The Morgan fingerprint density at radius 1 is 1.19 bits per heavy atom. The van der Waals surface area contributed by atoms with E-state index >= 15 is 0 Å². The standard InChI is InChI=1S/C21H24N4OS/c1-16-15-27-21(23-16)24-20-19(26-18-10-5-4-6-11-18)13-17(14-22-20)9-7-8-12-25(2)3/h4-8,10-11,13-15H,9,12H2,1-3H3,(H,22,23,24). The van der Waals surface area contributed by atoms with Gasteiger partial charge in [0.25, 0.3) is 0 Å². The van der Waals surface area contributed by atoms with Crippen LogP contribution in [0.2, 0.25) is 0 Å². The highest BCUT2D eigenvalue weighted by Crippen LogP contribution is 2.31. The number of hydrogen-bond donors (Lipinski definition) is 1. The Kier molecular flexibility index (Phi) is 6.57. The van der Waals surface area contributed by atoms with E-state index in [1.807, 2.05) is 54.9 Å². The predicted octanol–water partition coefficient (Wildman–Crippen LogP) is 5.04. The summed E-state index contributed by atoms with van der Waals surface area (Å²) in [5, 5.41) is 6.08. The Bertz CT molecular complexity index is 890. The lowest BCUT2D eigenvalue weighted by Gasteiger charge is -2.12. The van der Waals surface area contributed by atoms with Crippen molar-refractivity contribution in [1.82, 2.24) is 14.9 Å². The minimum Gasteiger partial charge on any atom is -0.453 e. The Hall–Kier alpha value is -2.70. The smallest absolute Gasteiger partial charge is 0.188 e. The van der Waals surface area contributed by atoms with Gasteiger partial charge in [0.2, 0.25) is 0 Å². The van der Waals surface area contributed by atoms with E-state index in [9.17, 15) is 0 Å². The number of pyridine rings is 1. The zero-order valence-corrected chi connectivity index (χ0v) is 16.7. The molecule has 27 heavy (non-hydrogen) atoms. The number of benzene rings is 1. The zero-order chi connectivity index (χ0) is 19.1. The number of allylic oxidation sites excluding steroid dienone is 1. The van der Waals surface area contributed by atoms with Gasteiger partial charge in [-0.05, 0) is 51.2 Å². The number of anilines is 2. The summed E-state index contributed by atoms with van der Waals surface area (Å²) in [5.41, 5.74) is 2.08. The van der Waals surface area contributed by atoms with Crippen molar-refractivity contribution in [1.29, 1.82) is 0 Å². The van der Waals surface area contributed by atoms with Crippen molar-refractivity contribution in [2.45, 2.75) is 13.3 Å². The van der Waals surface area contributed by atoms with Crippen molar-refractivity contribution in [2.24, 2.45) is 0 Å². The second-order valence-corrected chi connectivity index (χ2v) is 7.32. The molecule has 0 fully saturated rings. The average molecular weight is 381 g/mol. The van der Waals surface area contributed by atoms with Crippen molar-refractivity contribution >= 4 is 22.3 Å². The van der Waals surface area contributed by atoms with Gasteiger partial charge in [0.1, 0.15) is 5.75 Å². The number of thiazole rings is 1. The molecular weight excluding hydrogens is 356 g/mol. The Morgan fingerprint density at radius 2 is 2.00 bits per heavy atom. The van der Waals surface area contributed by atoms with Gasteiger partial charge in [0.15, 0.2) is 16.7 Å². The van der Waals surface area contributed by atoms with Gasteiger partial charge in [-0.25, -0.2) is 9.97 Å². The number of aryl methyl sites for hydroxylation is 1. The van der Waals surface area contributed by atoms with E-state index in [0.717, 1.165) is 35.1 Å². The number of ether oxygens (including phenoxy) is 1. The molecule has 3 rings (SSSR count). The van der Waals surface area contributed by atoms with Crippen LogP contribution in [0.15, 0.2) is 60.1 Å². The molecule has 1 aromatic carbocycles. The zero-order valence-electron chi connectivity index (χ0n) is 15.8. The van der Waals surface area contributed by atoms with Crippen LogP contribution in [-0.2, 0) is 6.42 Å². The molecule has 6 heteroatoms. The summed E-state index contributed by atoms with van der Waals surface area (Å²) >= 11 is 1.55. The summed E-state index contributed by atoms with van der Waals surface area (Å²) in [5.74, 6) is 2.12. The lowest BCUT2D eigenvalue weighted by Crippen LogP contribution is -2.10. The molecule has 0 atom stereocenters. The molecule has 0 saturated heterocycles. The summed E-state index contributed by atoms with van der Waals surface area (Å²) in [4.78, 5) is 11.2. The van der Waals surface area contributed by atoms with Crippen LogP contribution in [0.25, 0.3) is 0 Å². The van der Waals surface area contributed by atoms with Gasteiger partial charge in [-0.1, -0.05) is 30.4 Å². The molecule has 0 radical (unpaired) electrons. The molecule has 0 aliphatic heterocycles. The van der Waals surface area contributed by atoms with Gasteiger partial charge in [0, 0.05) is 18.1 Å². The van der Waals surface area contributed by atoms with Gasteiger partial charge in [-0.15, -0.1) is 11.3 Å². The minimum atomic E-state index is 0.661. The van der Waals surface area contributed by atoms with Gasteiger partial charge in [0.05, 0.1) is 5.69 Å². The van der Waals surface area contributed by atoms with E-state index in [2.05, 4.69) is 46.4 Å². The van der Waals surface area contributed by atoms with Crippen molar-refractivity contribution in [3.63, 3.8) is 0 Å². The van der Waals surface area contributed by atoms with Gasteiger partial charge < -0.3 is 15.0 Å². The maximum absolute atomic E-state index is 6.09. The normalized spacial score (nSPS) is 11.3. The molecule has 5 nitrogen and oxygen atoms in total. The Morgan fingerprint density at radius 3 is 2.70 bits per heavy atom. The number of rotatable bonds is 8. The summed E-state index contributed by atoms with van der Waals surface area (Å²) in [6, 6.07) is 11.8. The van der Waals surface area contributed by atoms with E-state index in [4.69, 9.17) is 4.74 Å². The maximum atomic E-state index is 6.09. The van der Waals surface area contributed by atoms with Crippen LogP contribution in [0.5, 0.6) is 11.5 Å². The molecule has 0 spiro atoms. The Labute approximate surface area is 164 Å². The SMILES string of the molecule is Cc1csc(Nc2ncc(CC=CCN(C)C)cc2Oc2ccccc2)n1. The molecule has 2 aromatic heterocycles. The maximum Gasteiger partial charge on any atom is 0.188 e. The van der Waals surface area contributed by atoms with Crippen molar-refractivity contribution in [3.05, 3.63) is 71.4 Å². The summed E-state index contributed by atoms with van der Waals surface area (Å²) in [6.07, 6.45) is 6.99. The fourth-order valence-electron chi connectivity index (χ4n) is 2.40. The highest BCUT2D eigenvalue weighted by Gasteiger charge is 2.10. The first-order valence-electron chi connectivity index (χ1n) is 8.81. The molecule has 2 heterocycles. The second-order valence-electron chi connectivity index (χ2n) is 6.46. The average Bonchev–Trinajstić information content (AvgIpc) is 3.06. The van der Waals surface area contributed by atoms with Crippen LogP contribution in [0.3, 0.4) is 0 Å². The van der Waals surface area contributed by atoms with Gasteiger partial charge in [-0.3, -0.25) is 0 Å². The highest BCUT2D eigenvalue weighted by molar-refractivity contribution is 7.13. The van der Waals surface area contributed by atoms with E-state index in [-0.39, 0.29) is 0 Å². The first kappa shape index (κ1) is 19.1. The lowest BCUT2D eigenvalue weighted by atomic mass is 10.2. The third-order valence-electron chi connectivity index (χ3n) is 3.72. The fraction of sp³-hybridized carbons (Fsp3) is 0.238. The lowest BCUT2D eigenvalue weighted by molar-refractivity contribution is 0.456.